The van der Waals surface area contributed by atoms with Gasteiger partial charge in [0, 0.05) is 13.0 Å². The summed E-state index contributed by atoms with van der Waals surface area (Å²) in [6, 6.07) is 12.4. The summed E-state index contributed by atoms with van der Waals surface area (Å²) in [5.74, 6) is -0.513. The summed E-state index contributed by atoms with van der Waals surface area (Å²) in [6.45, 7) is 0.406. The molecule has 1 amide bonds. The van der Waals surface area contributed by atoms with Crippen LogP contribution in [-0.4, -0.2) is 37.0 Å². The highest BCUT2D eigenvalue weighted by Crippen LogP contribution is 2.27. The zero-order valence-corrected chi connectivity index (χ0v) is 16.5. The molecule has 0 unspecified atom stereocenters. The van der Waals surface area contributed by atoms with Crippen LogP contribution < -0.4 is 5.32 Å². The second-order valence-corrected chi connectivity index (χ2v) is 7.52. The Morgan fingerprint density at radius 2 is 1.87 bits per heavy atom. The molecule has 1 aliphatic rings. The second-order valence-electron chi connectivity index (χ2n) is 7.52. The highest BCUT2D eigenvalue weighted by atomic mass is 16.4. The summed E-state index contributed by atoms with van der Waals surface area (Å²) in [7, 11) is 0. The minimum Gasteiger partial charge on any atom is -0.477 e. The number of aromatic carboxylic acids is 1. The summed E-state index contributed by atoms with van der Waals surface area (Å²) in [5.41, 5.74) is 2.57. The first kappa shape index (κ1) is 19.8. The van der Waals surface area contributed by atoms with Gasteiger partial charge < -0.3 is 10.4 Å². The Kier molecular flexibility index (Phi) is 5.83. The third-order valence-electron chi connectivity index (χ3n) is 5.39. The van der Waals surface area contributed by atoms with Crippen LogP contribution in [0.1, 0.15) is 48.2 Å². The van der Waals surface area contributed by atoms with E-state index in [0.29, 0.717) is 30.3 Å². The van der Waals surface area contributed by atoms with Crippen LogP contribution in [0.25, 0.3) is 17.1 Å². The average Bonchev–Trinajstić information content (AvgIpc) is 3.45. The molecule has 1 saturated carbocycles. The fourth-order valence-electron chi connectivity index (χ4n) is 3.82. The van der Waals surface area contributed by atoms with E-state index in [-0.39, 0.29) is 11.6 Å². The van der Waals surface area contributed by atoms with Crippen LogP contribution in [0.2, 0.25) is 0 Å². The van der Waals surface area contributed by atoms with Gasteiger partial charge in [-0.2, -0.15) is 0 Å². The predicted octanol–water partition coefficient (Wildman–Crippen LogP) is 3.22. The molecule has 30 heavy (non-hydrogen) atoms. The molecule has 2 aromatic heterocycles. The Balaban J connectivity index is 1.49. The largest absolute Gasteiger partial charge is 0.477 e. The van der Waals surface area contributed by atoms with Crippen molar-refractivity contribution in [2.24, 2.45) is 5.92 Å². The lowest BCUT2D eigenvalue weighted by Gasteiger charge is -2.12. The van der Waals surface area contributed by atoms with Gasteiger partial charge in [0.25, 0.3) is 0 Å². The second kappa shape index (κ2) is 8.86. The van der Waals surface area contributed by atoms with Gasteiger partial charge in [0.1, 0.15) is 11.4 Å². The molecular formula is C22H23N5O3. The normalized spacial score (nSPS) is 14.0. The maximum atomic E-state index is 12.3. The molecule has 0 atom stereocenters. The molecule has 0 aliphatic heterocycles. The number of carbonyl (C=O) groups excluding carboxylic acids is 1. The number of nitrogens with zero attached hydrogens (tertiary/aromatic N) is 4. The number of hydrogen-bond donors (Lipinski definition) is 2. The van der Waals surface area contributed by atoms with Gasteiger partial charge in [-0.25, -0.2) is 14.5 Å². The summed E-state index contributed by atoms with van der Waals surface area (Å²) in [6.07, 6.45) is 7.01. The molecule has 0 saturated heterocycles. The van der Waals surface area contributed by atoms with Crippen LogP contribution in [0, 0.1) is 5.92 Å². The molecule has 2 heterocycles. The minimum absolute atomic E-state index is 0.0487. The fraction of sp³-hybridized carbons (Fsp3) is 0.318. The van der Waals surface area contributed by atoms with Gasteiger partial charge in [0.05, 0.1) is 17.6 Å². The van der Waals surface area contributed by atoms with E-state index in [1.807, 2.05) is 24.3 Å². The van der Waals surface area contributed by atoms with Gasteiger partial charge in [-0.3, -0.25) is 4.79 Å². The Bertz CT molecular complexity index is 1060. The van der Waals surface area contributed by atoms with Crippen LogP contribution in [0.4, 0.5) is 0 Å². The lowest BCUT2D eigenvalue weighted by Crippen LogP contribution is -2.25. The summed E-state index contributed by atoms with van der Waals surface area (Å²) >= 11 is 0. The summed E-state index contributed by atoms with van der Waals surface area (Å²) in [4.78, 5) is 27.6. The zero-order valence-electron chi connectivity index (χ0n) is 16.5. The predicted molar refractivity (Wildman–Crippen MR) is 110 cm³/mol. The number of para-hydroxylation sites is 1. The minimum atomic E-state index is -1.09. The van der Waals surface area contributed by atoms with Crippen LogP contribution in [0.5, 0.6) is 0 Å². The van der Waals surface area contributed by atoms with E-state index >= 15 is 0 Å². The van der Waals surface area contributed by atoms with E-state index in [4.69, 9.17) is 5.11 Å². The Labute approximate surface area is 174 Å². The number of pyridine rings is 1. The average molecular weight is 405 g/mol. The molecule has 0 bridgehead atoms. The first-order chi connectivity index (χ1) is 14.6. The van der Waals surface area contributed by atoms with E-state index in [2.05, 4.69) is 20.6 Å². The Morgan fingerprint density at radius 1 is 1.07 bits per heavy atom. The highest BCUT2D eigenvalue weighted by molar-refractivity contribution is 5.85. The lowest BCUT2D eigenvalue weighted by molar-refractivity contribution is -0.122. The van der Waals surface area contributed by atoms with Crippen molar-refractivity contribution in [3.05, 3.63) is 59.9 Å². The number of carboxylic acids is 1. The first-order valence-electron chi connectivity index (χ1n) is 10.1. The van der Waals surface area contributed by atoms with E-state index in [1.165, 1.54) is 18.9 Å². The maximum absolute atomic E-state index is 12.3. The summed E-state index contributed by atoms with van der Waals surface area (Å²) < 4.78 is 1.61. The van der Waals surface area contributed by atoms with Crippen molar-refractivity contribution in [2.45, 2.75) is 38.6 Å². The third kappa shape index (κ3) is 4.53. The van der Waals surface area contributed by atoms with Crippen LogP contribution in [0.3, 0.4) is 0 Å². The quantitative estimate of drug-likeness (QED) is 0.624. The van der Waals surface area contributed by atoms with E-state index in [9.17, 15) is 9.59 Å². The van der Waals surface area contributed by atoms with Crippen molar-refractivity contribution >= 4 is 11.9 Å². The number of hydrogen-bond acceptors (Lipinski definition) is 5. The number of nitrogens with one attached hydrogen (secondary N) is 1. The first-order valence-corrected chi connectivity index (χ1v) is 10.1. The van der Waals surface area contributed by atoms with Gasteiger partial charge in [-0.15, -0.1) is 5.10 Å². The molecule has 0 spiro atoms. The van der Waals surface area contributed by atoms with Gasteiger partial charge in [-0.1, -0.05) is 42.3 Å². The molecule has 0 radical (unpaired) electrons. The van der Waals surface area contributed by atoms with Crippen molar-refractivity contribution in [1.82, 2.24) is 25.3 Å². The molecular weight excluding hydrogens is 382 g/mol. The van der Waals surface area contributed by atoms with Crippen molar-refractivity contribution < 1.29 is 14.7 Å². The molecule has 1 fully saturated rings. The standard InChI is InChI=1S/C22H23N5O3/c28-21(12-15-6-1-2-7-15)23-13-16-8-3-4-11-20(16)27-14-19(25-26-27)17-9-5-10-18(24-17)22(29)30/h3-5,8-11,14-15H,1-2,6-7,12-13H2,(H,23,28)(H,29,30). The topological polar surface area (TPSA) is 110 Å². The summed E-state index contributed by atoms with van der Waals surface area (Å²) in [5, 5.41) is 20.5. The maximum Gasteiger partial charge on any atom is 0.354 e. The molecule has 8 heteroatoms. The van der Waals surface area contributed by atoms with Crippen molar-refractivity contribution in [3.63, 3.8) is 0 Å². The monoisotopic (exact) mass is 405 g/mol. The number of amides is 1. The lowest BCUT2D eigenvalue weighted by atomic mass is 10.0. The van der Waals surface area contributed by atoms with Gasteiger partial charge in [0.15, 0.2) is 0 Å². The van der Waals surface area contributed by atoms with Crippen LogP contribution >= 0.6 is 0 Å². The number of carbonyl (C=O) groups is 2. The van der Waals surface area contributed by atoms with Crippen LogP contribution in [-0.2, 0) is 11.3 Å². The Morgan fingerprint density at radius 3 is 2.67 bits per heavy atom. The third-order valence-corrected chi connectivity index (χ3v) is 5.39. The molecule has 1 aliphatic carbocycles. The highest BCUT2D eigenvalue weighted by Gasteiger charge is 2.18. The number of benzene rings is 1. The molecule has 154 valence electrons. The molecule has 8 nitrogen and oxygen atoms in total. The van der Waals surface area contributed by atoms with E-state index in [1.54, 1.807) is 23.0 Å². The Hall–Kier alpha value is -3.55. The van der Waals surface area contributed by atoms with Crippen molar-refractivity contribution in [1.29, 1.82) is 0 Å². The fourth-order valence-corrected chi connectivity index (χ4v) is 3.82. The van der Waals surface area contributed by atoms with Gasteiger partial charge in [0.2, 0.25) is 5.91 Å². The molecule has 1 aromatic carbocycles. The van der Waals surface area contributed by atoms with Crippen molar-refractivity contribution in [2.75, 3.05) is 0 Å². The SMILES string of the molecule is O=C(CC1CCCC1)NCc1ccccc1-n1cc(-c2cccc(C(=O)O)n2)nn1. The van der Waals surface area contributed by atoms with Gasteiger partial charge >= 0.3 is 5.97 Å². The van der Waals surface area contributed by atoms with E-state index < -0.39 is 5.97 Å². The van der Waals surface area contributed by atoms with Gasteiger partial charge in [-0.05, 0) is 42.5 Å². The van der Waals surface area contributed by atoms with Crippen LogP contribution in [0.15, 0.2) is 48.7 Å². The molecule has 3 aromatic rings. The molecule has 4 rings (SSSR count). The van der Waals surface area contributed by atoms with E-state index in [0.717, 1.165) is 24.1 Å². The molecule has 2 N–H and O–H groups in total. The number of rotatable bonds is 7. The number of aromatic nitrogens is 4. The smallest absolute Gasteiger partial charge is 0.354 e. The zero-order chi connectivity index (χ0) is 20.9. The van der Waals surface area contributed by atoms with Crippen molar-refractivity contribution in [3.8, 4) is 17.1 Å². The number of carboxylic acid groups (broad SMARTS) is 1.